The number of benzene rings is 1. The molecule has 0 radical (unpaired) electrons. The number of halogens is 1. The van der Waals surface area contributed by atoms with E-state index in [1.807, 2.05) is 30.5 Å². The van der Waals surface area contributed by atoms with Gasteiger partial charge in [0.25, 0.3) is 0 Å². The van der Waals surface area contributed by atoms with Gasteiger partial charge in [0.1, 0.15) is 11.9 Å². The Morgan fingerprint density at radius 1 is 1.33 bits per heavy atom. The molecule has 21 heavy (non-hydrogen) atoms. The average Bonchev–Trinajstić information content (AvgIpc) is 2.94. The number of aryl methyl sites for hydroxylation is 1. The molecular weight excluding hydrogens is 328 g/mol. The minimum atomic E-state index is -0.342. The Morgan fingerprint density at radius 3 is 2.95 bits per heavy atom. The van der Waals surface area contributed by atoms with Crippen LogP contribution in [0.25, 0.3) is 10.9 Å². The summed E-state index contributed by atoms with van der Waals surface area (Å²) in [5.41, 5.74) is 8.17. The normalized spacial score (nSPS) is 12.7. The molecule has 0 spiro atoms. The van der Waals surface area contributed by atoms with Gasteiger partial charge in [-0.15, -0.1) is 0 Å². The lowest BCUT2D eigenvalue weighted by Crippen LogP contribution is -2.19. The lowest BCUT2D eigenvalue weighted by atomic mass is 10.1. The number of hydrogen-bond acceptors (Lipinski definition) is 3. The smallest absolute Gasteiger partial charge is 0.131 e. The standard InChI is InChI=1S/C16H17BrN4/c1-2-8-21-9-7-19-16(21)14(18)15-12(17)10-11-5-3-4-6-13(11)20-15/h3-7,9-10,14H,2,8,18H2,1H3. The highest BCUT2D eigenvalue weighted by Gasteiger charge is 2.19. The van der Waals surface area contributed by atoms with Gasteiger partial charge in [0.05, 0.1) is 11.2 Å². The van der Waals surface area contributed by atoms with E-state index in [1.165, 1.54) is 0 Å². The van der Waals surface area contributed by atoms with Crippen molar-refractivity contribution in [1.29, 1.82) is 0 Å². The minimum absolute atomic E-state index is 0.342. The Labute approximate surface area is 132 Å². The van der Waals surface area contributed by atoms with E-state index >= 15 is 0 Å². The van der Waals surface area contributed by atoms with Crippen molar-refractivity contribution in [2.45, 2.75) is 25.9 Å². The van der Waals surface area contributed by atoms with Crippen LogP contribution in [0.1, 0.15) is 30.9 Å². The molecule has 108 valence electrons. The first-order valence-corrected chi connectivity index (χ1v) is 7.81. The number of nitrogens with zero attached hydrogens (tertiary/aromatic N) is 3. The molecule has 0 aliphatic heterocycles. The second kappa shape index (κ2) is 5.95. The molecule has 5 heteroatoms. The third kappa shape index (κ3) is 2.71. The summed E-state index contributed by atoms with van der Waals surface area (Å²) in [4.78, 5) is 9.12. The van der Waals surface area contributed by atoms with E-state index < -0.39 is 0 Å². The van der Waals surface area contributed by atoms with Crippen molar-refractivity contribution in [3.63, 3.8) is 0 Å². The van der Waals surface area contributed by atoms with E-state index in [9.17, 15) is 0 Å². The topological polar surface area (TPSA) is 56.7 Å². The van der Waals surface area contributed by atoms with E-state index in [-0.39, 0.29) is 6.04 Å². The minimum Gasteiger partial charge on any atom is -0.333 e. The molecule has 0 aliphatic rings. The van der Waals surface area contributed by atoms with Gasteiger partial charge < -0.3 is 10.3 Å². The van der Waals surface area contributed by atoms with Crippen molar-refractivity contribution in [2.75, 3.05) is 0 Å². The van der Waals surface area contributed by atoms with Crippen LogP contribution in [0.15, 0.2) is 47.2 Å². The van der Waals surface area contributed by atoms with Crippen molar-refractivity contribution < 1.29 is 0 Å². The van der Waals surface area contributed by atoms with Gasteiger partial charge in [-0.1, -0.05) is 25.1 Å². The molecule has 1 atom stereocenters. The fraction of sp³-hybridized carbons (Fsp3) is 0.250. The quantitative estimate of drug-likeness (QED) is 0.785. The summed E-state index contributed by atoms with van der Waals surface area (Å²) >= 11 is 3.59. The Bertz CT molecular complexity index is 766. The van der Waals surface area contributed by atoms with E-state index in [0.717, 1.165) is 39.9 Å². The number of fused-ring (bicyclic) bond motifs is 1. The summed E-state index contributed by atoms with van der Waals surface area (Å²) < 4.78 is 3.01. The monoisotopic (exact) mass is 344 g/mol. The number of pyridine rings is 1. The largest absolute Gasteiger partial charge is 0.333 e. The van der Waals surface area contributed by atoms with Crippen molar-refractivity contribution >= 4 is 26.8 Å². The highest BCUT2D eigenvalue weighted by atomic mass is 79.9. The molecule has 0 amide bonds. The average molecular weight is 345 g/mol. The van der Waals surface area contributed by atoms with E-state index in [2.05, 4.69) is 38.5 Å². The maximum Gasteiger partial charge on any atom is 0.131 e. The van der Waals surface area contributed by atoms with Crippen LogP contribution < -0.4 is 5.73 Å². The van der Waals surface area contributed by atoms with Crippen LogP contribution in [0.3, 0.4) is 0 Å². The Balaban J connectivity index is 2.06. The van der Waals surface area contributed by atoms with Crippen LogP contribution in [0, 0.1) is 0 Å². The van der Waals surface area contributed by atoms with Gasteiger partial charge in [-0.05, 0) is 34.5 Å². The summed E-state index contributed by atoms with van der Waals surface area (Å²) in [5.74, 6) is 0.848. The van der Waals surface area contributed by atoms with Gasteiger partial charge in [-0.3, -0.25) is 0 Å². The molecule has 0 saturated carbocycles. The lowest BCUT2D eigenvalue weighted by molar-refractivity contribution is 0.607. The van der Waals surface area contributed by atoms with E-state index in [0.29, 0.717) is 0 Å². The Kier molecular flexibility index (Phi) is 4.03. The fourth-order valence-electron chi connectivity index (χ4n) is 2.48. The molecule has 2 N–H and O–H groups in total. The van der Waals surface area contributed by atoms with E-state index in [1.54, 1.807) is 6.20 Å². The number of imidazole rings is 1. The van der Waals surface area contributed by atoms with Gasteiger partial charge in [0.2, 0.25) is 0 Å². The number of rotatable bonds is 4. The molecular formula is C16H17BrN4. The predicted molar refractivity (Wildman–Crippen MR) is 88.0 cm³/mol. The first kappa shape index (κ1) is 14.2. The first-order chi connectivity index (χ1) is 10.2. The molecule has 0 saturated heterocycles. The van der Waals surface area contributed by atoms with Crippen LogP contribution in [0.4, 0.5) is 0 Å². The van der Waals surface area contributed by atoms with Crippen LogP contribution in [-0.2, 0) is 6.54 Å². The van der Waals surface area contributed by atoms with Crippen molar-refractivity contribution in [3.05, 3.63) is 58.7 Å². The summed E-state index contributed by atoms with van der Waals surface area (Å²) in [6.07, 6.45) is 4.80. The van der Waals surface area contributed by atoms with E-state index in [4.69, 9.17) is 10.7 Å². The highest BCUT2D eigenvalue weighted by Crippen LogP contribution is 2.28. The zero-order valence-corrected chi connectivity index (χ0v) is 13.4. The fourth-order valence-corrected chi connectivity index (χ4v) is 3.06. The molecule has 2 aromatic heterocycles. The zero-order valence-electron chi connectivity index (χ0n) is 11.8. The predicted octanol–water partition coefficient (Wildman–Crippen LogP) is 3.65. The highest BCUT2D eigenvalue weighted by molar-refractivity contribution is 9.10. The van der Waals surface area contributed by atoms with Crippen LogP contribution >= 0.6 is 15.9 Å². The van der Waals surface area contributed by atoms with Crippen LogP contribution in [0.5, 0.6) is 0 Å². The molecule has 2 heterocycles. The second-order valence-corrected chi connectivity index (χ2v) is 5.86. The van der Waals surface area contributed by atoms with Crippen LogP contribution in [-0.4, -0.2) is 14.5 Å². The Morgan fingerprint density at radius 2 is 2.14 bits per heavy atom. The third-order valence-corrected chi connectivity index (χ3v) is 4.12. The molecule has 0 aliphatic carbocycles. The molecule has 1 unspecified atom stereocenters. The molecule has 3 rings (SSSR count). The van der Waals surface area contributed by atoms with Crippen molar-refractivity contribution in [3.8, 4) is 0 Å². The van der Waals surface area contributed by atoms with Crippen molar-refractivity contribution in [1.82, 2.24) is 14.5 Å². The number of aromatic nitrogens is 3. The third-order valence-electron chi connectivity index (χ3n) is 3.49. The maximum absolute atomic E-state index is 6.41. The second-order valence-electron chi connectivity index (χ2n) is 5.00. The van der Waals surface area contributed by atoms with Gasteiger partial charge in [-0.2, -0.15) is 0 Å². The first-order valence-electron chi connectivity index (χ1n) is 7.02. The summed E-state index contributed by atoms with van der Waals surface area (Å²) in [6.45, 7) is 3.05. The summed E-state index contributed by atoms with van der Waals surface area (Å²) in [7, 11) is 0. The van der Waals surface area contributed by atoms with Gasteiger partial charge in [0, 0.05) is 28.8 Å². The summed E-state index contributed by atoms with van der Waals surface area (Å²) in [5, 5.41) is 1.09. The molecule has 0 fully saturated rings. The van der Waals surface area contributed by atoms with Gasteiger partial charge in [-0.25, -0.2) is 9.97 Å². The summed E-state index contributed by atoms with van der Waals surface area (Å²) in [6, 6.07) is 9.74. The molecule has 0 bridgehead atoms. The molecule has 4 nitrogen and oxygen atoms in total. The number of nitrogens with two attached hydrogens (primary N) is 1. The van der Waals surface area contributed by atoms with Gasteiger partial charge in [0.15, 0.2) is 0 Å². The lowest BCUT2D eigenvalue weighted by Gasteiger charge is -2.15. The maximum atomic E-state index is 6.41. The number of para-hydroxylation sites is 1. The number of hydrogen-bond donors (Lipinski definition) is 1. The Hall–Kier alpha value is -1.72. The molecule has 1 aromatic carbocycles. The SMILES string of the molecule is CCCn1ccnc1C(N)c1nc2ccccc2cc1Br. The van der Waals surface area contributed by atoms with Gasteiger partial charge >= 0.3 is 0 Å². The molecule has 3 aromatic rings. The zero-order chi connectivity index (χ0) is 14.8. The van der Waals surface area contributed by atoms with Crippen molar-refractivity contribution in [2.24, 2.45) is 5.73 Å². The van der Waals surface area contributed by atoms with Crippen LogP contribution in [0.2, 0.25) is 0 Å².